The predicted molar refractivity (Wildman–Crippen MR) is 108 cm³/mol. The van der Waals surface area contributed by atoms with Gasteiger partial charge in [0.05, 0.1) is 5.54 Å². The Bertz CT molecular complexity index is 816. The number of hydrogen-bond acceptors (Lipinski definition) is 2. The lowest BCUT2D eigenvalue weighted by Gasteiger charge is -2.38. The third kappa shape index (κ3) is 3.97. The first-order valence-corrected chi connectivity index (χ1v) is 9.29. The lowest BCUT2D eigenvalue weighted by molar-refractivity contribution is 0.275. The van der Waals surface area contributed by atoms with Gasteiger partial charge in [-0.15, -0.1) is 0 Å². The lowest BCUT2D eigenvalue weighted by Crippen LogP contribution is -2.45. The van der Waals surface area contributed by atoms with Gasteiger partial charge < -0.3 is 10.4 Å². The molecule has 2 heteroatoms. The molecule has 0 saturated heterocycles. The molecule has 2 atom stereocenters. The van der Waals surface area contributed by atoms with E-state index in [1.807, 2.05) is 30.3 Å². The summed E-state index contributed by atoms with van der Waals surface area (Å²) < 4.78 is 0. The zero-order valence-electron chi connectivity index (χ0n) is 15.5. The summed E-state index contributed by atoms with van der Waals surface area (Å²) in [6, 6.07) is 28.8. The van der Waals surface area contributed by atoms with Crippen molar-refractivity contribution in [2.45, 2.75) is 38.3 Å². The summed E-state index contributed by atoms with van der Waals surface area (Å²) in [6.45, 7) is 4.37. The molecule has 0 saturated carbocycles. The van der Waals surface area contributed by atoms with Gasteiger partial charge in [0.1, 0.15) is 5.75 Å². The molecule has 0 aliphatic carbocycles. The Labute approximate surface area is 156 Å². The molecule has 0 aliphatic rings. The van der Waals surface area contributed by atoms with Gasteiger partial charge in [0.2, 0.25) is 0 Å². The highest BCUT2D eigenvalue weighted by atomic mass is 16.3. The van der Waals surface area contributed by atoms with Crippen molar-refractivity contribution in [3.8, 4) is 5.75 Å². The van der Waals surface area contributed by atoms with E-state index >= 15 is 0 Å². The zero-order valence-corrected chi connectivity index (χ0v) is 15.5. The molecule has 0 aliphatic heterocycles. The van der Waals surface area contributed by atoms with Crippen LogP contribution in [0.3, 0.4) is 0 Å². The van der Waals surface area contributed by atoms with Crippen LogP contribution in [-0.2, 0) is 12.0 Å². The van der Waals surface area contributed by atoms with E-state index in [2.05, 4.69) is 67.7 Å². The minimum absolute atomic E-state index is 0.166. The van der Waals surface area contributed by atoms with Crippen molar-refractivity contribution in [1.29, 1.82) is 0 Å². The number of phenolic OH excluding ortho intramolecular Hbond substituents is 1. The third-order valence-electron chi connectivity index (χ3n) is 5.16. The number of benzene rings is 3. The van der Waals surface area contributed by atoms with Crippen LogP contribution in [0.25, 0.3) is 0 Å². The molecule has 0 amide bonds. The van der Waals surface area contributed by atoms with E-state index < -0.39 is 0 Å². The van der Waals surface area contributed by atoms with Gasteiger partial charge in [0.25, 0.3) is 0 Å². The Morgan fingerprint density at radius 2 is 1.42 bits per heavy atom. The van der Waals surface area contributed by atoms with Gasteiger partial charge in [-0.1, -0.05) is 85.8 Å². The van der Waals surface area contributed by atoms with E-state index in [1.165, 1.54) is 11.1 Å². The molecule has 0 spiro atoms. The van der Waals surface area contributed by atoms with Crippen molar-refractivity contribution in [3.63, 3.8) is 0 Å². The van der Waals surface area contributed by atoms with Gasteiger partial charge in [0.15, 0.2) is 0 Å². The van der Waals surface area contributed by atoms with Crippen LogP contribution in [0.2, 0.25) is 0 Å². The van der Waals surface area contributed by atoms with E-state index in [4.69, 9.17) is 0 Å². The molecule has 2 N–H and O–H groups in total. The maximum absolute atomic E-state index is 10.6. The molecule has 2 nitrogen and oxygen atoms in total. The highest BCUT2D eigenvalue weighted by Gasteiger charge is 2.34. The second-order valence-electron chi connectivity index (χ2n) is 6.89. The average Bonchev–Trinajstić information content (AvgIpc) is 2.69. The Kier molecular flexibility index (Phi) is 5.75. The summed E-state index contributed by atoms with van der Waals surface area (Å²) in [7, 11) is 0. The fraction of sp³-hybridized carbons (Fsp3) is 0.250. The zero-order chi connectivity index (χ0) is 18.4. The highest BCUT2D eigenvalue weighted by Crippen LogP contribution is 2.37. The molecule has 0 aromatic heterocycles. The molecule has 134 valence electrons. The Hall–Kier alpha value is -2.58. The third-order valence-corrected chi connectivity index (χ3v) is 5.16. The van der Waals surface area contributed by atoms with Crippen LogP contribution < -0.4 is 5.32 Å². The minimum atomic E-state index is -0.345. The van der Waals surface area contributed by atoms with Gasteiger partial charge in [-0.2, -0.15) is 0 Å². The topological polar surface area (TPSA) is 32.3 Å². The number of nitrogens with one attached hydrogen (secondary N) is 1. The molecule has 26 heavy (non-hydrogen) atoms. The summed E-state index contributed by atoms with van der Waals surface area (Å²) in [5.74, 6) is 0.345. The van der Waals surface area contributed by atoms with Gasteiger partial charge in [-0.05, 0) is 37.0 Å². The number of aromatic hydroxyl groups is 1. The van der Waals surface area contributed by atoms with Crippen LogP contribution in [0.4, 0.5) is 0 Å². The Morgan fingerprint density at radius 1 is 0.846 bits per heavy atom. The summed E-state index contributed by atoms with van der Waals surface area (Å²) in [5, 5.41) is 14.4. The summed E-state index contributed by atoms with van der Waals surface area (Å²) in [5.41, 5.74) is 3.11. The number of phenols is 1. The van der Waals surface area contributed by atoms with Crippen molar-refractivity contribution in [3.05, 3.63) is 102 Å². The summed E-state index contributed by atoms with van der Waals surface area (Å²) >= 11 is 0. The Morgan fingerprint density at radius 3 is 2.04 bits per heavy atom. The molecule has 0 fully saturated rings. The van der Waals surface area contributed by atoms with Crippen LogP contribution in [-0.4, -0.2) is 5.11 Å². The van der Waals surface area contributed by atoms with Gasteiger partial charge in [-0.25, -0.2) is 0 Å². The number of hydrogen-bond donors (Lipinski definition) is 2. The maximum atomic E-state index is 10.6. The van der Waals surface area contributed by atoms with Crippen LogP contribution in [0, 0.1) is 0 Å². The Balaban J connectivity index is 2.01. The molecule has 0 radical (unpaired) electrons. The van der Waals surface area contributed by atoms with Crippen LogP contribution >= 0.6 is 0 Å². The number of para-hydroxylation sites is 1. The van der Waals surface area contributed by atoms with E-state index in [0.29, 0.717) is 5.75 Å². The summed E-state index contributed by atoms with van der Waals surface area (Å²) in [6.07, 6.45) is 1.69. The molecule has 3 aromatic carbocycles. The first kappa shape index (κ1) is 18.2. The van der Waals surface area contributed by atoms with E-state index in [-0.39, 0.29) is 11.6 Å². The first-order valence-electron chi connectivity index (χ1n) is 9.29. The van der Waals surface area contributed by atoms with E-state index in [1.54, 1.807) is 6.07 Å². The van der Waals surface area contributed by atoms with Crippen LogP contribution in [0.5, 0.6) is 5.75 Å². The van der Waals surface area contributed by atoms with E-state index in [9.17, 15) is 5.11 Å². The lowest BCUT2D eigenvalue weighted by atomic mass is 9.80. The highest BCUT2D eigenvalue weighted by molar-refractivity contribution is 5.40. The van der Waals surface area contributed by atoms with Crippen molar-refractivity contribution >= 4 is 0 Å². The fourth-order valence-electron chi connectivity index (χ4n) is 3.70. The van der Waals surface area contributed by atoms with Gasteiger partial charge in [-0.3, -0.25) is 0 Å². The standard InChI is InChI=1S/C24H27NO/c1-3-24(18-20-12-6-4-7-13-20,22-16-10-11-17-23(22)26)25-19(2)21-14-8-5-9-15-21/h4-17,19,25-26H,3,18H2,1-2H3/t19-,24+/m1/s1. The molecule has 0 heterocycles. The average molecular weight is 345 g/mol. The van der Waals surface area contributed by atoms with Crippen molar-refractivity contribution < 1.29 is 5.11 Å². The fourth-order valence-corrected chi connectivity index (χ4v) is 3.70. The van der Waals surface area contributed by atoms with Crippen molar-refractivity contribution in [1.82, 2.24) is 5.32 Å². The maximum Gasteiger partial charge on any atom is 0.120 e. The molecule has 0 bridgehead atoms. The normalized spacial score (nSPS) is 14.5. The second-order valence-corrected chi connectivity index (χ2v) is 6.89. The molecule has 3 rings (SSSR count). The smallest absolute Gasteiger partial charge is 0.120 e. The van der Waals surface area contributed by atoms with Crippen molar-refractivity contribution in [2.75, 3.05) is 0 Å². The second kappa shape index (κ2) is 8.20. The SMILES string of the molecule is CC[C@@](Cc1ccccc1)(N[C@H](C)c1ccccc1)c1ccccc1O. The van der Waals surface area contributed by atoms with Crippen molar-refractivity contribution in [2.24, 2.45) is 0 Å². The largest absolute Gasteiger partial charge is 0.508 e. The number of rotatable bonds is 7. The first-order chi connectivity index (χ1) is 12.6. The van der Waals surface area contributed by atoms with Gasteiger partial charge in [0, 0.05) is 11.6 Å². The van der Waals surface area contributed by atoms with Crippen LogP contribution in [0.15, 0.2) is 84.9 Å². The van der Waals surface area contributed by atoms with Crippen LogP contribution in [0.1, 0.15) is 43.0 Å². The summed E-state index contributed by atoms with van der Waals surface area (Å²) in [4.78, 5) is 0. The molecule has 0 unspecified atom stereocenters. The molecular formula is C24H27NO. The molecular weight excluding hydrogens is 318 g/mol. The molecule has 3 aromatic rings. The quantitative estimate of drug-likeness (QED) is 0.585. The predicted octanol–water partition coefficient (Wildman–Crippen LogP) is 5.59. The monoisotopic (exact) mass is 345 g/mol. The minimum Gasteiger partial charge on any atom is -0.508 e. The van der Waals surface area contributed by atoms with Gasteiger partial charge >= 0.3 is 0 Å². The van der Waals surface area contributed by atoms with E-state index in [0.717, 1.165) is 18.4 Å².